The number of fused-ring (bicyclic) bond motifs is 4. The maximum Gasteiger partial charge on any atom is 0.0411 e. The predicted molar refractivity (Wildman–Crippen MR) is 239 cm³/mol. The zero-order valence-electron chi connectivity index (χ0n) is 35.8. The van der Waals surface area contributed by atoms with E-state index in [-0.39, 0.29) is 0 Å². The van der Waals surface area contributed by atoms with Gasteiger partial charge in [-0.05, 0) is 231 Å². The number of allylic oxidation sites excluding steroid dienone is 10. The maximum absolute atomic E-state index is 3.11. The molecule has 56 heavy (non-hydrogen) atoms. The van der Waals surface area contributed by atoms with Gasteiger partial charge in [-0.15, -0.1) is 0 Å². The number of aromatic nitrogens is 1. The molecule has 4 unspecified atom stereocenters. The third-order valence-electron chi connectivity index (χ3n) is 16.7. The molecule has 7 aliphatic carbocycles. The van der Waals surface area contributed by atoms with Gasteiger partial charge in [0.05, 0.1) is 0 Å². The minimum Gasteiger partial charge on any atom is -0.344 e. The number of rotatable bonds is 9. The van der Waals surface area contributed by atoms with Gasteiger partial charge in [0.1, 0.15) is 0 Å². The van der Waals surface area contributed by atoms with Crippen LogP contribution in [0.3, 0.4) is 0 Å². The standard InChI is InChI=1S/C54H78N2/c1-40(41-18-8-4-9-19-41)36-47(43-22-12-6-13-23-43)33-35-56-53-28-15-14-27-50(53)51-39-46(30-32-54(51)56)45-29-31-52-48(37-45)24-7-2-3-16-34-55(52)49-26-17-25-44(38-49)42-20-10-5-11-21-42/h4,8,20,22,33,38-41,45,48-49,52H,2-3,5-7,9-19,21,23-32,34-37H2,1H3/b47-33+/t40-,41+,45?,48?,49?,52?/m0/s1. The van der Waals surface area contributed by atoms with Crippen molar-refractivity contribution in [2.24, 2.45) is 23.7 Å². The van der Waals surface area contributed by atoms with E-state index in [2.05, 4.69) is 58.9 Å². The molecule has 0 amide bonds. The first kappa shape index (κ1) is 39.2. The van der Waals surface area contributed by atoms with Crippen molar-refractivity contribution in [3.8, 4) is 0 Å². The Kier molecular flexibility index (Phi) is 13.1. The largest absolute Gasteiger partial charge is 0.344 e. The van der Waals surface area contributed by atoms with E-state index in [1.165, 1.54) is 193 Å². The molecule has 2 heterocycles. The van der Waals surface area contributed by atoms with Gasteiger partial charge >= 0.3 is 0 Å². The fourth-order valence-electron chi connectivity index (χ4n) is 13.5. The van der Waals surface area contributed by atoms with Crippen molar-refractivity contribution in [2.45, 2.75) is 212 Å². The summed E-state index contributed by atoms with van der Waals surface area (Å²) in [6, 6.07) is 1.49. The minimum atomic E-state index is 0.683. The van der Waals surface area contributed by atoms with Crippen LogP contribution in [0.1, 0.15) is 196 Å². The van der Waals surface area contributed by atoms with E-state index < -0.39 is 0 Å². The van der Waals surface area contributed by atoms with E-state index in [0.29, 0.717) is 6.04 Å². The second-order valence-electron chi connectivity index (χ2n) is 20.2. The van der Waals surface area contributed by atoms with E-state index in [1.807, 2.05) is 5.57 Å². The molecule has 1 saturated heterocycles. The SMILES string of the molecule is C[C@@H](C/C(=C\Cn1c2c(c3c1CCCC3)C=C(C1CCC3C(CCCCCCN3C3C=C(C4=CCCCC4)CCC3)C1)CC2)C1=CCCCC1)[C@@H]1CC=CCC1. The van der Waals surface area contributed by atoms with E-state index >= 15 is 0 Å². The van der Waals surface area contributed by atoms with Crippen molar-refractivity contribution in [1.82, 2.24) is 9.47 Å². The van der Waals surface area contributed by atoms with Gasteiger partial charge in [0.25, 0.3) is 0 Å². The van der Waals surface area contributed by atoms with Gasteiger partial charge < -0.3 is 4.57 Å². The molecule has 1 saturated carbocycles. The molecule has 0 N–H and O–H groups in total. The average molecular weight is 755 g/mol. The van der Waals surface area contributed by atoms with E-state index in [4.69, 9.17) is 0 Å². The van der Waals surface area contributed by atoms with Crippen molar-refractivity contribution in [3.63, 3.8) is 0 Å². The van der Waals surface area contributed by atoms with Gasteiger partial charge in [0.2, 0.25) is 0 Å². The van der Waals surface area contributed by atoms with Crippen LogP contribution in [0.25, 0.3) is 6.08 Å². The van der Waals surface area contributed by atoms with E-state index in [9.17, 15) is 0 Å². The number of hydrogen-bond donors (Lipinski definition) is 0. The zero-order valence-corrected chi connectivity index (χ0v) is 35.8. The monoisotopic (exact) mass is 755 g/mol. The van der Waals surface area contributed by atoms with Crippen LogP contribution < -0.4 is 0 Å². The molecule has 1 aliphatic heterocycles. The lowest BCUT2D eigenvalue weighted by Gasteiger charge is -2.47. The summed E-state index contributed by atoms with van der Waals surface area (Å²) in [5.41, 5.74) is 15.6. The Labute approximate surface area is 343 Å². The van der Waals surface area contributed by atoms with Crippen LogP contribution in [0.2, 0.25) is 0 Å². The quantitative estimate of drug-likeness (QED) is 0.228. The Morgan fingerprint density at radius 2 is 1.57 bits per heavy atom. The Morgan fingerprint density at radius 1 is 0.714 bits per heavy atom. The summed E-state index contributed by atoms with van der Waals surface area (Å²) < 4.78 is 2.87. The van der Waals surface area contributed by atoms with Crippen LogP contribution in [0.5, 0.6) is 0 Å². The summed E-state index contributed by atoms with van der Waals surface area (Å²) in [6.45, 7) is 5.01. The molecule has 0 radical (unpaired) electrons. The lowest BCUT2D eigenvalue weighted by Crippen LogP contribution is -2.49. The van der Waals surface area contributed by atoms with Crippen molar-refractivity contribution >= 4 is 6.08 Å². The summed E-state index contributed by atoms with van der Waals surface area (Å²) in [7, 11) is 0. The van der Waals surface area contributed by atoms with E-state index in [0.717, 1.165) is 36.3 Å². The van der Waals surface area contributed by atoms with Crippen molar-refractivity contribution in [2.75, 3.05) is 6.54 Å². The predicted octanol–water partition coefficient (Wildman–Crippen LogP) is 14.5. The minimum absolute atomic E-state index is 0.683. The van der Waals surface area contributed by atoms with Crippen LogP contribution >= 0.6 is 0 Å². The smallest absolute Gasteiger partial charge is 0.0411 e. The molecule has 9 rings (SSSR count). The lowest BCUT2D eigenvalue weighted by atomic mass is 9.70. The van der Waals surface area contributed by atoms with Crippen LogP contribution in [0.4, 0.5) is 0 Å². The van der Waals surface area contributed by atoms with Gasteiger partial charge in [-0.2, -0.15) is 0 Å². The highest BCUT2D eigenvalue weighted by Crippen LogP contribution is 2.46. The average Bonchev–Trinajstić information content (AvgIpc) is 3.63. The van der Waals surface area contributed by atoms with Gasteiger partial charge in [-0.25, -0.2) is 0 Å². The lowest BCUT2D eigenvalue weighted by molar-refractivity contribution is 0.0586. The first-order valence-corrected chi connectivity index (χ1v) is 24.8. The molecule has 2 heteroatoms. The first-order valence-electron chi connectivity index (χ1n) is 24.8. The second kappa shape index (κ2) is 18.7. The molecular formula is C54H78N2. The van der Waals surface area contributed by atoms with Crippen molar-refractivity contribution in [1.29, 1.82) is 0 Å². The van der Waals surface area contributed by atoms with Crippen LogP contribution in [0.15, 0.2) is 64.3 Å². The van der Waals surface area contributed by atoms with Crippen LogP contribution in [-0.2, 0) is 25.8 Å². The fraction of sp³-hybridized carbons (Fsp3) is 0.704. The molecule has 1 aromatic rings. The summed E-state index contributed by atoms with van der Waals surface area (Å²) in [5.74, 6) is 3.31. The van der Waals surface area contributed by atoms with Gasteiger partial charge in [-0.3, -0.25) is 4.90 Å². The van der Waals surface area contributed by atoms with Crippen LogP contribution in [-0.4, -0.2) is 28.1 Å². The summed E-state index contributed by atoms with van der Waals surface area (Å²) >= 11 is 0. The molecule has 0 aromatic carbocycles. The van der Waals surface area contributed by atoms with Gasteiger partial charge in [0, 0.05) is 30.0 Å². The Morgan fingerprint density at radius 3 is 2.43 bits per heavy atom. The fourth-order valence-corrected chi connectivity index (χ4v) is 13.5. The first-order chi connectivity index (χ1) is 27.7. The van der Waals surface area contributed by atoms with Crippen LogP contribution in [0, 0.1) is 23.7 Å². The molecule has 304 valence electrons. The number of nitrogens with zero attached hydrogens (tertiary/aromatic N) is 2. The summed E-state index contributed by atoms with van der Waals surface area (Å²) in [5, 5.41) is 0. The molecule has 2 nitrogen and oxygen atoms in total. The Bertz CT molecular complexity index is 1700. The van der Waals surface area contributed by atoms with E-state index in [1.54, 1.807) is 44.8 Å². The molecular weight excluding hydrogens is 677 g/mol. The highest BCUT2D eigenvalue weighted by atomic mass is 15.2. The topological polar surface area (TPSA) is 8.17 Å². The summed E-state index contributed by atoms with van der Waals surface area (Å²) in [6.07, 6.45) is 58.1. The third kappa shape index (κ3) is 8.82. The Hall–Kier alpha value is -2.32. The highest BCUT2D eigenvalue weighted by molar-refractivity contribution is 5.65. The maximum atomic E-state index is 3.11. The van der Waals surface area contributed by atoms with Crippen molar-refractivity contribution in [3.05, 3.63) is 86.8 Å². The summed E-state index contributed by atoms with van der Waals surface area (Å²) in [4.78, 5) is 3.11. The van der Waals surface area contributed by atoms with Gasteiger partial charge in [-0.1, -0.05) is 74.3 Å². The third-order valence-corrected chi connectivity index (χ3v) is 16.7. The number of hydrogen-bond acceptors (Lipinski definition) is 1. The van der Waals surface area contributed by atoms with Crippen molar-refractivity contribution < 1.29 is 0 Å². The molecule has 1 aromatic heterocycles. The second-order valence-corrected chi connectivity index (χ2v) is 20.2. The van der Waals surface area contributed by atoms with Gasteiger partial charge in [0.15, 0.2) is 0 Å². The molecule has 2 fully saturated rings. The normalized spacial score (nSPS) is 31.3. The molecule has 0 spiro atoms. The zero-order chi connectivity index (χ0) is 37.7. The molecule has 8 aliphatic rings. The molecule has 6 atom stereocenters. The Balaban J connectivity index is 0.947. The molecule has 0 bridgehead atoms. The highest BCUT2D eigenvalue weighted by Gasteiger charge is 2.39.